The van der Waals surface area contributed by atoms with E-state index in [0.29, 0.717) is 6.04 Å². The van der Waals surface area contributed by atoms with Crippen LogP contribution in [0.5, 0.6) is 0 Å². The van der Waals surface area contributed by atoms with Crippen molar-refractivity contribution in [2.45, 2.75) is 31.7 Å². The number of rotatable bonds is 4. The monoisotopic (exact) mass is 205 g/mol. The van der Waals surface area contributed by atoms with Crippen molar-refractivity contribution in [1.82, 2.24) is 15.1 Å². The largest absolute Gasteiger partial charge is 0.313 e. The summed E-state index contributed by atoms with van der Waals surface area (Å²) in [7, 11) is 2.00. The summed E-state index contributed by atoms with van der Waals surface area (Å²) < 4.78 is 1.95. The van der Waals surface area contributed by atoms with Gasteiger partial charge in [0.25, 0.3) is 0 Å². The molecule has 3 heteroatoms. The van der Waals surface area contributed by atoms with Crippen LogP contribution in [0.3, 0.4) is 0 Å². The summed E-state index contributed by atoms with van der Waals surface area (Å²) in [6.45, 7) is 1.05. The fourth-order valence-corrected chi connectivity index (χ4v) is 2.03. The minimum Gasteiger partial charge on any atom is -0.313 e. The highest BCUT2D eigenvalue weighted by Gasteiger charge is 2.08. The maximum absolute atomic E-state index is 4.16. The third-order valence-electron chi connectivity index (χ3n) is 3.01. The molecule has 0 fully saturated rings. The Morgan fingerprint density at radius 2 is 2.47 bits per heavy atom. The van der Waals surface area contributed by atoms with Gasteiger partial charge in [-0.25, -0.2) is 0 Å². The van der Waals surface area contributed by atoms with Crippen molar-refractivity contribution in [1.29, 1.82) is 0 Å². The van der Waals surface area contributed by atoms with Crippen molar-refractivity contribution in [2.75, 3.05) is 6.54 Å². The van der Waals surface area contributed by atoms with Gasteiger partial charge in [-0.3, -0.25) is 4.68 Å². The zero-order valence-corrected chi connectivity index (χ0v) is 9.32. The molecule has 1 unspecified atom stereocenters. The molecular formula is C12H19N3. The van der Waals surface area contributed by atoms with Gasteiger partial charge in [0.05, 0.1) is 0 Å². The third-order valence-corrected chi connectivity index (χ3v) is 3.01. The summed E-state index contributed by atoms with van der Waals surface area (Å²) in [5.74, 6) is 0. The Hall–Kier alpha value is -1.09. The van der Waals surface area contributed by atoms with Gasteiger partial charge in [0.2, 0.25) is 0 Å². The average molecular weight is 205 g/mol. The summed E-state index contributed by atoms with van der Waals surface area (Å²) >= 11 is 0. The first kappa shape index (κ1) is 10.4. The molecule has 1 aliphatic rings. The molecule has 1 aromatic rings. The number of aryl methyl sites for hydroxylation is 1. The van der Waals surface area contributed by atoms with E-state index in [2.05, 4.69) is 28.6 Å². The average Bonchev–Trinajstić information content (AvgIpc) is 2.66. The van der Waals surface area contributed by atoms with E-state index in [4.69, 9.17) is 0 Å². The Morgan fingerprint density at radius 3 is 3.13 bits per heavy atom. The number of allylic oxidation sites excluding steroid dienone is 1. The molecule has 0 aliphatic heterocycles. The van der Waals surface area contributed by atoms with E-state index in [9.17, 15) is 0 Å². The second-order valence-electron chi connectivity index (χ2n) is 4.13. The van der Waals surface area contributed by atoms with E-state index in [-0.39, 0.29) is 0 Å². The highest BCUT2D eigenvalue weighted by atomic mass is 15.3. The molecule has 0 spiro atoms. The Morgan fingerprint density at radius 1 is 1.53 bits per heavy atom. The molecule has 3 nitrogen and oxygen atoms in total. The van der Waals surface area contributed by atoms with Crippen molar-refractivity contribution in [3.63, 3.8) is 0 Å². The molecule has 0 saturated heterocycles. The van der Waals surface area contributed by atoms with Crippen LogP contribution in [-0.4, -0.2) is 22.4 Å². The number of aromatic nitrogens is 2. The summed E-state index contributed by atoms with van der Waals surface area (Å²) in [6, 6.07) is 2.77. The van der Waals surface area contributed by atoms with Crippen LogP contribution < -0.4 is 5.32 Å². The van der Waals surface area contributed by atoms with E-state index in [1.807, 2.05) is 17.9 Å². The lowest BCUT2D eigenvalue weighted by atomic mass is 10.0. The van der Waals surface area contributed by atoms with Crippen molar-refractivity contribution in [2.24, 2.45) is 7.05 Å². The lowest BCUT2D eigenvalue weighted by Gasteiger charge is -2.19. The summed E-state index contributed by atoms with van der Waals surface area (Å²) in [4.78, 5) is 0. The lowest BCUT2D eigenvalue weighted by molar-refractivity contribution is 0.474. The topological polar surface area (TPSA) is 29.9 Å². The summed E-state index contributed by atoms with van der Waals surface area (Å²) in [5.41, 5.74) is 1.30. The minimum absolute atomic E-state index is 0.684. The quantitative estimate of drug-likeness (QED) is 0.758. The van der Waals surface area contributed by atoms with E-state index >= 15 is 0 Å². The normalized spacial score (nSPS) is 20.7. The fourth-order valence-electron chi connectivity index (χ4n) is 2.03. The van der Waals surface area contributed by atoms with E-state index in [1.54, 1.807) is 0 Å². The van der Waals surface area contributed by atoms with Gasteiger partial charge < -0.3 is 5.32 Å². The van der Waals surface area contributed by atoms with Gasteiger partial charge in [0.1, 0.15) is 0 Å². The van der Waals surface area contributed by atoms with Crippen LogP contribution >= 0.6 is 0 Å². The fraction of sp³-hybridized carbons (Fsp3) is 0.583. The Bertz CT molecular complexity index is 327. The minimum atomic E-state index is 0.684. The summed E-state index contributed by atoms with van der Waals surface area (Å²) in [6.07, 6.45) is 11.2. The van der Waals surface area contributed by atoms with Gasteiger partial charge >= 0.3 is 0 Å². The molecular weight excluding hydrogens is 186 g/mol. The van der Waals surface area contributed by atoms with E-state index < -0.39 is 0 Å². The Kier molecular flexibility index (Phi) is 3.56. The van der Waals surface area contributed by atoms with Crippen LogP contribution in [0.4, 0.5) is 0 Å². The highest BCUT2D eigenvalue weighted by molar-refractivity contribution is 5.00. The standard InChI is InChI=1S/C12H19N3/c1-15-12(8-10-14-15)7-9-13-11-5-3-2-4-6-11/h2-3,8,10-11,13H,4-7,9H2,1H3. The molecule has 1 aliphatic carbocycles. The molecule has 1 N–H and O–H groups in total. The first-order valence-electron chi connectivity index (χ1n) is 5.71. The van der Waals surface area contributed by atoms with Gasteiger partial charge in [-0.05, 0) is 25.3 Å². The van der Waals surface area contributed by atoms with Crippen molar-refractivity contribution in [3.8, 4) is 0 Å². The maximum atomic E-state index is 4.16. The van der Waals surface area contributed by atoms with Crippen LogP contribution in [0.2, 0.25) is 0 Å². The molecule has 2 rings (SSSR count). The smallest absolute Gasteiger partial charge is 0.0492 e. The van der Waals surface area contributed by atoms with Crippen LogP contribution in [0, 0.1) is 0 Å². The van der Waals surface area contributed by atoms with Gasteiger partial charge in [0, 0.05) is 37.9 Å². The van der Waals surface area contributed by atoms with Gasteiger partial charge in [-0.2, -0.15) is 5.10 Å². The predicted molar refractivity (Wildman–Crippen MR) is 61.7 cm³/mol. The molecule has 82 valence electrons. The second-order valence-corrected chi connectivity index (χ2v) is 4.13. The second kappa shape index (κ2) is 5.12. The number of hydrogen-bond acceptors (Lipinski definition) is 2. The predicted octanol–water partition coefficient (Wildman–Crippen LogP) is 1.66. The van der Waals surface area contributed by atoms with Crippen LogP contribution in [0.25, 0.3) is 0 Å². The molecule has 0 saturated carbocycles. The van der Waals surface area contributed by atoms with Gasteiger partial charge in [-0.15, -0.1) is 0 Å². The Balaban J connectivity index is 1.71. The maximum Gasteiger partial charge on any atom is 0.0492 e. The van der Waals surface area contributed by atoms with E-state index in [0.717, 1.165) is 13.0 Å². The SMILES string of the molecule is Cn1nccc1CCNC1CC=CCC1. The van der Waals surface area contributed by atoms with Crippen LogP contribution in [-0.2, 0) is 13.5 Å². The lowest BCUT2D eigenvalue weighted by Crippen LogP contribution is -2.31. The van der Waals surface area contributed by atoms with Gasteiger partial charge in [-0.1, -0.05) is 12.2 Å². The van der Waals surface area contributed by atoms with Crippen molar-refractivity contribution >= 4 is 0 Å². The van der Waals surface area contributed by atoms with E-state index in [1.165, 1.54) is 25.0 Å². The van der Waals surface area contributed by atoms with Crippen molar-refractivity contribution in [3.05, 3.63) is 30.1 Å². The first-order chi connectivity index (χ1) is 7.36. The first-order valence-corrected chi connectivity index (χ1v) is 5.71. The molecule has 1 heterocycles. The number of nitrogens with zero attached hydrogens (tertiary/aromatic N) is 2. The van der Waals surface area contributed by atoms with Crippen LogP contribution in [0.1, 0.15) is 25.0 Å². The zero-order chi connectivity index (χ0) is 10.5. The zero-order valence-electron chi connectivity index (χ0n) is 9.32. The third kappa shape index (κ3) is 2.93. The molecule has 0 amide bonds. The molecule has 1 aromatic heterocycles. The highest BCUT2D eigenvalue weighted by Crippen LogP contribution is 2.10. The van der Waals surface area contributed by atoms with Gasteiger partial charge in [0.15, 0.2) is 0 Å². The van der Waals surface area contributed by atoms with Crippen LogP contribution in [0.15, 0.2) is 24.4 Å². The molecule has 0 bridgehead atoms. The van der Waals surface area contributed by atoms with Crippen molar-refractivity contribution < 1.29 is 0 Å². The number of hydrogen-bond donors (Lipinski definition) is 1. The molecule has 15 heavy (non-hydrogen) atoms. The molecule has 1 atom stereocenters. The molecule has 0 aromatic carbocycles. The molecule has 0 radical (unpaired) electrons. The number of nitrogens with one attached hydrogen (secondary N) is 1. The Labute approximate surface area is 91.2 Å². The summed E-state index contributed by atoms with van der Waals surface area (Å²) in [5, 5.41) is 7.75.